The molecule has 2 heteroatoms. The Labute approximate surface area is 60.5 Å². The zero-order valence-electron chi connectivity index (χ0n) is 5.89. The average molecular weight is 137 g/mol. The van der Waals surface area contributed by atoms with Crippen LogP contribution in [0.1, 0.15) is 12.8 Å². The van der Waals surface area contributed by atoms with E-state index in [-0.39, 0.29) is 0 Å². The number of hydroxylamine groups is 1. The van der Waals surface area contributed by atoms with Crippen molar-refractivity contribution in [1.29, 1.82) is 0 Å². The van der Waals surface area contributed by atoms with Crippen molar-refractivity contribution in [2.75, 3.05) is 13.2 Å². The van der Waals surface area contributed by atoms with Crippen molar-refractivity contribution < 1.29 is 4.84 Å². The van der Waals surface area contributed by atoms with Gasteiger partial charge in [0.1, 0.15) is 0 Å². The van der Waals surface area contributed by atoms with Crippen LogP contribution in [0.5, 0.6) is 0 Å². The normalized spacial score (nSPS) is 24.8. The summed E-state index contributed by atoms with van der Waals surface area (Å²) in [5.41, 5.74) is 5.79. The molecular formula is C8H11NO. The van der Waals surface area contributed by atoms with Gasteiger partial charge in [0, 0.05) is 6.54 Å². The van der Waals surface area contributed by atoms with E-state index < -0.39 is 0 Å². The maximum Gasteiger partial charge on any atom is 0.0933 e. The van der Waals surface area contributed by atoms with Crippen LogP contribution < -0.4 is 5.48 Å². The zero-order chi connectivity index (χ0) is 6.81. The van der Waals surface area contributed by atoms with Gasteiger partial charge in [-0.05, 0) is 24.0 Å². The topological polar surface area (TPSA) is 21.3 Å². The van der Waals surface area contributed by atoms with Gasteiger partial charge in [0.05, 0.1) is 6.61 Å². The first-order valence-corrected chi connectivity index (χ1v) is 3.69. The van der Waals surface area contributed by atoms with E-state index in [1.54, 1.807) is 0 Å². The average Bonchev–Trinajstić information content (AvgIpc) is 2.05. The Morgan fingerprint density at radius 3 is 3.40 bits per heavy atom. The highest BCUT2D eigenvalue weighted by molar-refractivity contribution is 5.31. The van der Waals surface area contributed by atoms with Crippen LogP contribution in [0.25, 0.3) is 0 Å². The molecule has 0 atom stereocenters. The number of hydrogen-bond acceptors (Lipinski definition) is 2. The Kier molecular flexibility index (Phi) is 1.57. The van der Waals surface area contributed by atoms with Crippen LogP contribution in [0, 0.1) is 0 Å². The Hall–Kier alpha value is -0.600. The lowest BCUT2D eigenvalue weighted by molar-refractivity contribution is 0.0537. The van der Waals surface area contributed by atoms with Gasteiger partial charge in [-0.2, -0.15) is 5.48 Å². The molecule has 1 aliphatic heterocycles. The molecule has 1 N–H and O–H groups in total. The third-order valence-corrected chi connectivity index (χ3v) is 2.00. The van der Waals surface area contributed by atoms with E-state index in [1.165, 1.54) is 24.0 Å². The van der Waals surface area contributed by atoms with Crippen LogP contribution in [-0.4, -0.2) is 13.2 Å². The van der Waals surface area contributed by atoms with Gasteiger partial charge in [-0.15, -0.1) is 0 Å². The molecule has 1 heterocycles. The highest BCUT2D eigenvalue weighted by Gasteiger charge is 2.11. The summed E-state index contributed by atoms with van der Waals surface area (Å²) in [4.78, 5) is 5.08. The summed E-state index contributed by atoms with van der Waals surface area (Å²) in [6, 6.07) is 0. The molecule has 0 saturated heterocycles. The van der Waals surface area contributed by atoms with E-state index >= 15 is 0 Å². The molecule has 0 amide bonds. The maximum absolute atomic E-state index is 5.08. The number of allylic oxidation sites excluding steroid dienone is 1. The monoisotopic (exact) mass is 137 g/mol. The summed E-state index contributed by atoms with van der Waals surface area (Å²) in [5.74, 6) is 0. The van der Waals surface area contributed by atoms with E-state index in [1.807, 2.05) is 0 Å². The minimum Gasteiger partial charge on any atom is -0.297 e. The lowest BCUT2D eigenvalue weighted by Crippen LogP contribution is -2.26. The molecule has 0 aromatic heterocycles. The van der Waals surface area contributed by atoms with Gasteiger partial charge in [0.25, 0.3) is 0 Å². The molecule has 54 valence electrons. The Morgan fingerprint density at radius 2 is 2.50 bits per heavy atom. The first-order valence-electron chi connectivity index (χ1n) is 3.69. The van der Waals surface area contributed by atoms with Crippen molar-refractivity contribution in [3.8, 4) is 0 Å². The standard InChI is InChI=1S/C8H11NO/c1-2-4-8-6-10-9-5-7(8)3-1/h2,4,9H,1,3,5-6H2. The van der Waals surface area contributed by atoms with Gasteiger partial charge < -0.3 is 0 Å². The summed E-state index contributed by atoms with van der Waals surface area (Å²) in [6.45, 7) is 1.66. The molecule has 2 nitrogen and oxygen atoms in total. The highest BCUT2D eigenvalue weighted by Crippen LogP contribution is 2.20. The molecule has 0 aromatic carbocycles. The molecule has 0 radical (unpaired) electrons. The molecule has 0 saturated carbocycles. The van der Waals surface area contributed by atoms with Gasteiger partial charge in [-0.25, -0.2) is 0 Å². The van der Waals surface area contributed by atoms with Gasteiger partial charge in [-0.1, -0.05) is 12.2 Å². The summed E-state index contributed by atoms with van der Waals surface area (Å²) in [7, 11) is 0. The molecule has 0 unspecified atom stereocenters. The third-order valence-electron chi connectivity index (χ3n) is 2.00. The molecule has 0 fully saturated rings. The molecule has 0 bridgehead atoms. The van der Waals surface area contributed by atoms with Crippen LogP contribution >= 0.6 is 0 Å². The van der Waals surface area contributed by atoms with Gasteiger partial charge in [0.15, 0.2) is 0 Å². The fourth-order valence-electron chi connectivity index (χ4n) is 1.38. The van der Waals surface area contributed by atoms with E-state index in [0.29, 0.717) is 0 Å². The lowest BCUT2D eigenvalue weighted by atomic mass is 9.98. The van der Waals surface area contributed by atoms with Gasteiger partial charge in [0.2, 0.25) is 0 Å². The second-order valence-corrected chi connectivity index (χ2v) is 2.68. The largest absolute Gasteiger partial charge is 0.297 e. The molecule has 0 spiro atoms. The first-order chi connectivity index (χ1) is 4.97. The molecule has 2 rings (SSSR count). The first kappa shape index (κ1) is 6.13. The van der Waals surface area contributed by atoms with Gasteiger partial charge in [-0.3, -0.25) is 4.84 Å². The maximum atomic E-state index is 5.08. The molecule has 0 aromatic rings. The van der Waals surface area contributed by atoms with Crippen molar-refractivity contribution in [2.24, 2.45) is 0 Å². The highest BCUT2D eigenvalue weighted by atomic mass is 16.6. The van der Waals surface area contributed by atoms with Crippen molar-refractivity contribution >= 4 is 0 Å². The van der Waals surface area contributed by atoms with Crippen molar-refractivity contribution in [3.63, 3.8) is 0 Å². The molecular weight excluding hydrogens is 126 g/mol. The van der Waals surface area contributed by atoms with Crippen molar-refractivity contribution in [2.45, 2.75) is 12.8 Å². The Morgan fingerprint density at radius 1 is 1.50 bits per heavy atom. The second kappa shape index (κ2) is 2.56. The molecule has 2 aliphatic rings. The minimum atomic E-state index is 0.742. The molecule has 1 aliphatic carbocycles. The van der Waals surface area contributed by atoms with E-state index in [0.717, 1.165) is 13.2 Å². The SMILES string of the molecule is C1=CC2=C(CC1)CNOC2. The van der Waals surface area contributed by atoms with Crippen LogP contribution in [-0.2, 0) is 4.84 Å². The summed E-state index contributed by atoms with van der Waals surface area (Å²) in [5, 5.41) is 0. The van der Waals surface area contributed by atoms with Crippen LogP contribution in [0.3, 0.4) is 0 Å². The van der Waals surface area contributed by atoms with E-state index in [2.05, 4.69) is 17.6 Å². The zero-order valence-corrected chi connectivity index (χ0v) is 5.89. The van der Waals surface area contributed by atoms with Crippen LogP contribution in [0.4, 0.5) is 0 Å². The smallest absolute Gasteiger partial charge is 0.0933 e. The predicted octanol–water partition coefficient (Wildman–Crippen LogP) is 1.17. The Bertz CT molecular complexity index is 193. The van der Waals surface area contributed by atoms with Crippen molar-refractivity contribution in [1.82, 2.24) is 5.48 Å². The quantitative estimate of drug-likeness (QED) is 0.541. The lowest BCUT2D eigenvalue weighted by Gasteiger charge is -2.21. The summed E-state index contributed by atoms with van der Waals surface area (Å²) >= 11 is 0. The van der Waals surface area contributed by atoms with E-state index in [9.17, 15) is 0 Å². The second-order valence-electron chi connectivity index (χ2n) is 2.68. The number of nitrogens with one attached hydrogen (secondary N) is 1. The summed E-state index contributed by atoms with van der Waals surface area (Å²) in [6.07, 6.45) is 6.80. The third kappa shape index (κ3) is 1.00. The fraction of sp³-hybridized carbons (Fsp3) is 0.500. The van der Waals surface area contributed by atoms with Gasteiger partial charge >= 0.3 is 0 Å². The minimum absolute atomic E-state index is 0.742. The summed E-state index contributed by atoms with van der Waals surface area (Å²) < 4.78 is 0. The number of rotatable bonds is 0. The fourth-order valence-corrected chi connectivity index (χ4v) is 1.38. The predicted molar refractivity (Wildman–Crippen MR) is 39.4 cm³/mol. The van der Waals surface area contributed by atoms with Crippen LogP contribution in [0.2, 0.25) is 0 Å². The Balaban J connectivity index is 2.23. The molecule has 10 heavy (non-hydrogen) atoms. The van der Waals surface area contributed by atoms with Crippen molar-refractivity contribution in [3.05, 3.63) is 23.3 Å². The number of hydrogen-bond donors (Lipinski definition) is 1. The van der Waals surface area contributed by atoms with Crippen LogP contribution in [0.15, 0.2) is 23.3 Å². The van der Waals surface area contributed by atoms with E-state index in [4.69, 9.17) is 4.84 Å².